The SMILES string of the molecule is CC1OC(C)C(C(=O)Nc2ccccc2S(N)(=O)=O)C1C. The molecule has 116 valence electrons. The van der Waals surface area contributed by atoms with Gasteiger partial charge in [0.1, 0.15) is 4.90 Å². The number of carbonyl (C=O) groups excluding carboxylic acids is 1. The molecule has 1 aromatic carbocycles. The van der Waals surface area contributed by atoms with Crippen molar-refractivity contribution in [1.29, 1.82) is 0 Å². The second kappa shape index (κ2) is 5.75. The van der Waals surface area contributed by atoms with E-state index in [1.807, 2.05) is 20.8 Å². The molecule has 1 aliphatic rings. The number of rotatable bonds is 3. The van der Waals surface area contributed by atoms with Crippen LogP contribution in [-0.2, 0) is 19.6 Å². The molecule has 1 saturated heterocycles. The second-order valence-corrected chi connectivity index (χ2v) is 6.99. The quantitative estimate of drug-likeness (QED) is 0.879. The molecule has 2 rings (SSSR count). The Balaban J connectivity index is 2.25. The van der Waals surface area contributed by atoms with E-state index in [1.165, 1.54) is 12.1 Å². The highest BCUT2D eigenvalue weighted by atomic mass is 32.2. The number of para-hydroxylation sites is 1. The molecule has 21 heavy (non-hydrogen) atoms. The van der Waals surface area contributed by atoms with Crippen LogP contribution in [0.5, 0.6) is 0 Å². The highest BCUT2D eigenvalue weighted by molar-refractivity contribution is 7.89. The number of hydrogen-bond donors (Lipinski definition) is 2. The summed E-state index contributed by atoms with van der Waals surface area (Å²) in [5.74, 6) is -0.523. The normalized spacial score (nSPS) is 29.3. The maximum absolute atomic E-state index is 12.4. The predicted octanol–water partition coefficient (Wildman–Crippen LogP) is 1.33. The van der Waals surface area contributed by atoms with E-state index in [4.69, 9.17) is 9.88 Å². The molecule has 1 fully saturated rings. The number of amides is 1. The van der Waals surface area contributed by atoms with Crippen LogP contribution in [0.4, 0.5) is 5.69 Å². The Morgan fingerprint density at radius 1 is 1.19 bits per heavy atom. The van der Waals surface area contributed by atoms with Gasteiger partial charge in [-0.1, -0.05) is 19.1 Å². The van der Waals surface area contributed by atoms with Crippen molar-refractivity contribution in [2.75, 3.05) is 5.32 Å². The molecule has 1 aliphatic heterocycles. The van der Waals surface area contributed by atoms with E-state index in [1.54, 1.807) is 12.1 Å². The van der Waals surface area contributed by atoms with Crippen LogP contribution in [0.1, 0.15) is 20.8 Å². The van der Waals surface area contributed by atoms with E-state index in [2.05, 4.69) is 5.32 Å². The molecule has 0 spiro atoms. The number of ether oxygens (including phenoxy) is 1. The van der Waals surface area contributed by atoms with Crippen molar-refractivity contribution in [2.24, 2.45) is 17.0 Å². The van der Waals surface area contributed by atoms with Crippen LogP contribution < -0.4 is 10.5 Å². The fourth-order valence-electron chi connectivity index (χ4n) is 2.75. The first-order chi connectivity index (χ1) is 9.71. The molecule has 0 radical (unpaired) electrons. The number of hydrogen-bond acceptors (Lipinski definition) is 4. The van der Waals surface area contributed by atoms with Crippen LogP contribution in [-0.4, -0.2) is 26.5 Å². The van der Waals surface area contributed by atoms with Gasteiger partial charge in [-0.15, -0.1) is 0 Å². The van der Waals surface area contributed by atoms with Crippen LogP contribution in [0.3, 0.4) is 0 Å². The number of primary sulfonamides is 1. The van der Waals surface area contributed by atoms with E-state index < -0.39 is 10.0 Å². The Hall–Kier alpha value is -1.44. The number of anilines is 1. The van der Waals surface area contributed by atoms with Crippen molar-refractivity contribution in [1.82, 2.24) is 0 Å². The molecule has 0 bridgehead atoms. The first kappa shape index (κ1) is 15.9. The first-order valence-electron chi connectivity index (χ1n) is 6.80. The third kappa shape index (κ3) is 3.25. The van der Waals surface area contributed by atoms with E-state index >= 15 is 0 Å². The number of nitrogens with one attached hydrogen (secondary N) is 1. The zero-order chi connectivity index (χ0) is 15.8. The molecule has 1 amide bonds. The predicted molar refractivity (Wildman–Crippen MR) is 79.1 cm³/mol. The zero-order valence-corrected chi connectivity index (χ0v) is 13.1. The molecule has 3 N–H and O–H groups in total. The smallest absolute Gasteiger partial charge is 0.240 e. The van der Waals surface area contributed by atoms with E-state index in [0.29, 0.717) is 0 Å². The van der Waals surface area contributed by atoms with E-state index in [0.717, 1.165) is 0 Å². The summed E-state index contributed by atoms with van der Waals surface area (Å²) in [4.78, 5) is 12.3. The summed E-state index contributed by atoms with van der Waals surface area (Å²) in [6.45, 7) is 5.71. The van der Waals surface area contributed by atoms with Crippen molar-refractivity contribution < 1.29 is 17.9 Å². The molecule has 0 aromatic heterocycles. The number of carbonyl (C=O) groups is 1. The fourth-order valence-corrected chi connectivity index (χ4v) is 3.45. The molecule has 7 heteroatoms. The Kier molecular flexibility index (Phi) is 4.36. The topological polar surface area (TPSA) is 98.5 Å². The highest BCUT2D eigenvalue weighted by Crippen LogP contribution is 2.33. The summed E-state index contributed by atoms with van der Waals surface area (Å²) in [5, 5.41) is 7.82. The summed E-state index contributed by atoms with van der Waals surface area (Å²) in [5.41, 5.74) is 0.198. The standard InChI is InChI=1S/C14H20N2O4S/c1-8-9(2)20-10(3)13(8)14(17)16-11-6-4-5-7-12(11)21(15,18)19/h4-10,13H,1-3H3,(H,16,17)(H2,15,18,19). The number of benzene rings is 1. The van der Waals surface area contributed by atoms with Crippen LogP contribution in [0.25, 0.3) is 0 Å². The summed E-state index contributed by atoms with van der Waals surface area (Å²) < 4.78 is 28.7. The highest BCUT2D eigenvalue weighted by Gasteiger charge is 2.41. The van der Waals surface area contributed by atoms with Crippen molar-refractivity contribution in [2.45, 2.75) is 37.9 Å². The molecule has 0 aliphatic carbocycles. The summed E-state index contributed by atoms with van der Waals surface area (Å²) >= 11 is 0. The van der Waals surface area contributed by atoms with Crippen LogP contribution in [0.15, 0.2) is 29.2 Å². The summed E-state index contributed by atoms with van der Waals surface area (Å²) in [6.07, 6.45) is -0.221. The van der Waals surface area contributed by atoms with Gasteiger partial charge in [-0.2, -0.15) is 0 Å². The van der Waals surface area contributed by atoms with Crippen molar-refractivity contribution in [3.63, 3.8) is 0 Å². The molecular weight excluding hydrogens is 292 g/mol. The lowest BCUT2D eigenvalue weighted by Crippen LogP contribution is -2.32. The van der Waals surface area contributed by atoms with Crippen LogP contribution in [0, 0.1) is 11.8 Å². The van der Waals surface area contributed by atoms with Crippen molar-refractivity contribution in [3.8, 4) is 0 Å². The first-order valence-corrected chi connectivity index (χ1v) is 8.34. The molecular formula is C14H20N2O4S. The Morgan fingerprint density at radius 2 is 1.81 bits per heavy atom. The Morgan fingerprint density at radius 3 is 2.33 bits per heavy atom. The Bertz CT molecular complexity index is 644. The van der Waals surface area contributed by atoms with Gasteiger partial charge in [0, 0.05) is 0 Å². The van der Waals surface area contributed by atoms with Gasteiger partial charge in [-0.3, -0.25) is 4.79 Å². The lowest BCUT2D eigenvalue weighted by atomic mass is 9.89. The van der Waals surface area contributed by atoms with E-state index in [-0.39, 0.29) is 40.5 Å². The van der Waals surface area contributed by atoms with Crippen molar-refractivity contribution >= 4 is 21.6 Å². The summed E-state index contributed by atoms with van der Waals surface area (Å²) in [6, 6.07) is 6.09. The van der Waals surface area contributed by atoms with Gasteiger partial charge in [-0.05, 0) is 31.9 Å². The van der Waals surface area contributed by atoms with Gasteiger partial charge in [0.25, 0.3) is 0 Å². The van der Waals surface area contributed by atoms with Gasteiger partial charge in [0.05, 0.1) is 23.8 Å². The van der Waals surface area contributed by atoms with Crippen LogP contribution in [0.2, 0.25) is 0 Å². The maximum Gasteiger partial charge on any atom is 0.240 e. The lowest BCUT2D eigenvalue weighted by Gasteiger charge is -2.18. The minimum atomic E-state index is -3.89. The number of sulfonamides is 1. The summed E-state index contributed by atoms with van der Waals surface area (Å²) in [7, 11) is -3.89. The minimum absolute atomic E-state index is 0.00997. The molecule has 4 atom stereocenters. The minimum Gasteiger partial charge on any atom is -0.374 e. The third-order valence-electron chi connectivity index (χ3n) is 4.00. The Labute approximate surface area is 124 Å². The number of nitrogens with two attached hydrogens (primary N) is 1. The maximum atomic E-state index is 12.4. The molecule has 4 unspecified atom stereocenters. The molecule has 1 aromatic rings. The molecule has 1 heterocycles. The third-order valence-corrected chi connectivity index (χ3v) is 4.97. The average Bonchev–Trinajstić information content (AvgIpc) is 2.62. The molecule has 6 nitrogen and oxygen atoms in total. The average molecular weight is 312 g/mol. The van der Waals surface area contributed by atoms with Gasteiger partial charge in [0.15, 0.2) is 0 Å². The monoisotopic (exact) mass is 312 g/mol. The zero-order valence-electron chi connectivity index (χ0n) is 12.2. The van der Waals surface area contributed by atoms with Gasteiger partial charge < -0.3 is 10.1 Å². The van der Waals surface area contributed by atoms with Crippen LogP contribution >= 0.6 is 0 Å². The van der Waals surface area contributed by atoms with E-state index in [9.17, 15) is 13.2 Å². The van der Waals surface area contributed by atoms with Gasteiger partial charge in [-0.25, -0.2) is 13.6 Å². The largest absolute Gasteiger partial charge is 0.374 e. The molecule has 0 saturated carbocycles. The lowest BCUT2D eigenvalue weighted by molar-refractivity contribution is -0.121. The van der Waals surface area contributed by atoms with Gasteiger partial charge in [0.2, 0.25) is 15.9 Å². The fraction of sp³-hybridized carbons (Fsp3) is 0.500. The second-order valence-electron chi connectivity index (χ2n) is 5.46. The van der Waals surface area contributed by atoms with Crippen molar-refractivity contribution in [3.05, 3.63) is 24.3 Å². The van der Waals surface area contributed by atoms with Gasteiger partial charge >= 0.3 is 0 Å².